The molecular formula is C82H144O6. The summed E-state index contributed by atoms with van der Waals surface area (Å²) < 4.78 is 17.0. The van der Waals surface area contributed by atoms with Crippen molar-refractivity contribution in [1.29, 1.82) is 0 Å². The topological polar surface area (TPSA) is 82.1 Å². The van der Waals surface area contributed by atoms with Gasteiger partial charge in [-0.25, -0.2) is 0 Å². The monoisotopic (exact) mass is 1230 g/mol. The second-order valence-electron chi connectivity index (χ2n) is 35.8. The zero-order chi connectivity index (χ0) is 63.2. The van der Waals surface area contributed by atoms with Crippen molar-refractivity contribution in [1.82, 2.24) is 0 Å². The highest BCUT2D eigenvalue weighted by Gasteiger charge is 2.54. The molecule has 9 fully saturated rings. The van der Waals surface area contributed by atoms with E-state index < -0.39 is 5.97 Å². The summed E-state index contributed by atoms with van der Waals surface area (Å²) in [6, 6.07) is 0. The molecule has 9 rings (SSSR count). The van der Waals surface area contributed by atoms with E-state index in [1.54, 1.807) is 20.0 Å². The number of aliphatic carboxylic acids is 1. The molecule has 0 spiro atoms. The van der Waals surface area contributed by atoms with Crippen LogP contribution in [0.25, 0.3) is 0 Å². The van der Waals surface area contributed by atoms with E-state index >= 15 is 0 Å². The van der Waals surface area contributed by atoms with Crippen molar-refractivity contribution in [3.05, 3.63) is 0 Å². The zero-order valence-electron chi connectivity index (χ0n) is 60.5. The number of carbonyl (C=O) groups is 2. The van der Waals surface area contributed by atoms with Gasteiger partial charge in [0.1, 0.15) is 0 Å². The molecule has 0 aromatic heterocycles. The van der Waals surface area contributed by atoms with Crippen LogP contribution >= 0.6 is 0 Å². The van der Waals surface area contributed by atoms with Gasteiger partial charge >= 0.3 is 11.9 Å². The fraction of sp³-hybridized carbons (Fsp3) is 0.976. The molecule has 6 heteroatoms. The van der Waals surface area contributed by atoms with Crippen molar-refractivity contribution in [2.45, 2.75) is 301 Å². The Morgan fingerprint density at radius 2 is 0.614 bits per heavy atom. The highest BCUT2D eigenvalue weighted by molar-refractivity contribution is 5.73. The van der Waals surface area contributed by atoms with Crippen LogP contribution in [0, 0.1) is 183 Å². The van der Waals surface area contributed by atoms with E-state index in [1.807, 2.05) is 7.11 Å². The molecule has 0 aliphatic heterocycles. The summed E-state index contributed by atoms with van der Waals surface area (Å²) in [5.74, 6) is 23.1. The number of unbranched alkanes of at least 4 members (excludes halogenated alkanes) is 6. The molecule has 0 heterocycles. The number of esters is 1. The van der Waals surface area contributed by atoms with Gasteiger partial charge in [0, 0.05) is 14.2 Å². The first-order chi connectivity index (χ1) is 42.2. The summed E-state index contributed by atoms with van der Waals surface area (Å²) in [6.45, 7) is 34.4. The molecule has 6 nitrogen and oxygen atoms in total. The summed E-state index contributed by atoms with van der Waals surface area (Å²) >= 11 is 0. The average molecular weight is 1230 g/mol. The standard InChI is InChI=1S/C82H144O6/c1-17-19-21-23-25-59-45-78(76-43-57(12)75(42-58(76)13)74-41-55(10)73(40-56(74)11)72-39-51(6)69(36-54(72)9)63-29-32-66(82(85)88-16)80(47-63)87-15)60(26-24-22-20-18-2)44-77(59)64-30-27-61(33-48(64)3)67-34-52(7)70(37-49(67)4)71-38-50(5)68(35-53(71)8)62-28-31-65(81(83)84)79(46-62)86-14/h48-80H,17-47H2,1-16H3,(H,83,84). The largest absolute Gasteiger partial charge is 0.481 e. The first-order valence-electron chi connectivity index (χ1n) is 39.6. The van der Waals surface area contributed by atoms with E-state index in [1.165, 1.54) is 155 Å². The van der Waals surface area contributed by atoms with Crippen LogP contribution in [0.4, 0.5) is 0 Å². The third kappa shape index (κ3) is 16.2. The molecule has 0 saturated heterocycles. The number of carboxylic acid groups (broad SMARTS) is 1. The first-order valence-corrected chi connectivity index (χ1v) is 39.6. The van der Waals surface area contributed by atoms with Gasteiger partial charge in [-0.2, -0.15) is 0 Å². The maximum atomic E-state index is 12.7. The van der Waals surface area contributed by atoms with E-state index in [2.05, 4.69) is 90.0 Å². The Kier molecular flexibility index (Phi) is 26.3. The van der Waals surface area contributed by atoms with Gasteiger partial charge in [0.15, 0.2) is 0 Å². The maximum Gasteiger partial charge on any atom is 0.311 e. The molecule has 9 saturated carbocycles. The van der Waals surface area contributed by atoms with Crippen molar-refractivity contribution in [3.8, 4) is 0 Å². The number of ether oxygens (including phenoxy) is 3. The quantitative estimate of drug-likeness (QED) is 0.0859. The van der Waals surface area contributed by atoms with Gasteiger partial charge in [-0.05, 0) is 306 Å². The van der Waals surface area contributed by atoms with Crippen LogP contribution in [0.3, 0.4) is 0 Å². The first kappa shape index (κ1) is 71.2. The van der Waals surface area contributed by atoms with E-state index in [-0.39, 0.29) is 30.0 Å². The van der Waals surface area contributed by atoms with Gasteiger partial charge in [-0.15, -0.1) is 0 Å². The Labute approximate surface area is 544 Å². The lowest BCUT2D eigenvalue weighted by Crippen LogP contribution is -2.48. The minimum Gasteiger partial charge on any atom is -0.481 e. The number of hydrogen-bond donors (Lipinski definition) is 1. The lowest BCUT2D eigenvalue weighted by molar-refractivity contribution is -0.154. The Bertz CT molecular complexity index is 2110. The minimum atomic E-state index is -0.663. The van der Waals surface area contributed by atoms with E-state index in [9.17, 15) is 14.7 Å². The van der Waals surface area contributed by atoms with E-state index in [0.717, 1.165) is 192 Å². The van der Waals surface area contributed by atoms with Gasteiger partial charge in [0.05, 0.1) is 31.2 Å². The van der Waals surface area contributed by atoms with Crippen molar-refractivity contribution in [3.63, 3.8) is 0 Å². The number of methoxy groups -OCH3 is 3. The van der Waals surface area contributed by atoms with Crippen LogP contribution in [0.5, 0.6) is 0 Å². The summed E-state index contributed by atoms with van der Waals surface area (Å²) in [5.41, 5.74) is 0. The van der Waals surface area contributed by atoms with Gasteiger partial charge in [-0.3, -0.25) is 9.59 Å². The molecule has 508 valence electrons. The number of hydrogen-bond acceptors (Lipinski definition) is 5. The third-order valence-corrected chi connectivity index (χ3v) is 30.9. The molecule has 88 heavy (non-hydrogen) atoms. The highest BCUT2D eigenvalue weighted by Crippen LogP contribution is 2.61. The molecule has 33 atom stereocenters. The molecule has 9 aliphatic rings. The van der Waals surface area contributed by atoms with Crippen molar-refractivity contribution < 1.29 is 28.9 Å². The zero-order valence-corrected chi connectivity index (χ0v) is 60.5. The van der Waals surface area contributed by atoms with Crippen LogP contribution in [-0.2, 0) is 23.8 Å². The second-order valence-corrected chi connectivity index (χ2v) is 35.8. The van der Waals surface area contributed by atoms with Crippen LogP contribution in [0.1, 0.15) is 289 Å². The van der Waals surface area contributed by atoms with E-state index in [4.69, 9.17) is 14.2 Å². The molecule has 33 unspecified atom stereocenters. The second kappa shape index (κ2) is 32.5. The molecular weight excluding hydrogens is 1080 g/mol. The smallest absolute Gasteiger partial charge is 0.311 e. The average Bonchev–Trinajstić information content (AvgIpc) is 1.51. The Hall–Kier alpha value is -1.14. The maximum absolute atomic E-state index is 12.7. The lowest BCUT2D eigenvalue weighted by Gasteiger charge is -2.55. The molecule has 9 aliphatic carbocycles. The molecule has 0 aromatic carbocycles. The van der Waals surface area contributed by atoms with Gasteiger partial charge in [0.2, 0.25) is 0 Å². The molecule has 0 radical (unpaired) electrons. The summed E-state index contributed by atoms with van der Waals surface area (Å²) in [6.07, 6.45) is 42.1. The van der Waals surface area contributed by atoms with Crippen molar-refractivity contribution in [2.24, 2.45) is 183 Å². The molecule has 0 aromatic rings. The van der Waals surface area contributed by atoms with Gasteiger partial charge in [-0.1, -0.05) is 154 Å². The van der Waals surface area contributed by atoms with Crippen LogP contribution < -0.4 is 0 Å². The number of carboxylic acids is 1. The predicted octanol–water partition coefficient (Wildman–Crippen LogP) is 21.9. The molecule has 1 N–H and O–H groups in total. The van der Waals surface area contributed by atoms with Crippen molar-refractivity contribution >= 4 is 11.9 Å². The van der Waals surface area contributed by atoms with Crippen LogP contribution in [0.2, 0.25) is 0 Å². The molecule has 0 bridgehead atoms. The minimum absolute atomic E-state index is 0.00143. The van der Waals surface area contributed by atoms with Crippen molar-refractivity contribution in [2.75, 3.05) is 21.3 Å². The molecule has 0 amide bonds. The summed E-state index contributed by atoms with van der Waals surface area (Å²) in [5, 5.41) is 9.92. The van der Waals surface area contributed by atoms with Crippen LogP contribution in [0.15, 0.2) is 0 Å². The van der Waals surface area contributed by atoms with E-state index in [0.29, 0.717) is 17.8 Å². The number of carbonyl (C=O) groups excluding carboxylic acids is 1. The Balaban J connectivity index is 0.811. The predicted molar refractivity (Wildman–Crippen MR) is 366 cm³/mol. The summed E-state index contributed by atoms with van der Waals surface area (Å²) in [7, 11) is 5.09. The number of rotatable bonds is 22. The normalized spacial score (nSPS) is 49.0. The SMILES string of the molecule is CCCCCCC1CC(C2CC(C)C(C3CC(C)C(C4CC(C)C(C5CCC(C(=O)OC)C(OC)C5)CC4C)CC3C)CC2C)C(CCCCCC)CC1C1CCC(C2CC(C)C(C3CC(C)C(C4CCC(C(=O)O)C(OC)C4)CC3C)CC2C)CC1C. The third-order valence-electron chi connectivity index (χ3n) is 30.9. The Morgan fingerprint density at radius 3 is 0.955 bits per heavy atom. The highest BCUT2D eigenvalue weighted by atomic mass is 16.5. The van der Waals surface area contributed by atoms with Crippen LogP contribution in [-0.4, -0.2) is 50.6 Å². The fourth-order valence-electron chi connectivity index (χ4n) is 26.1. The summed E-state index contributed by atoms with van der Waals surface area (Å²) in [4.78, 5) is 24.7. The Morgan fingerprint density at radius 1 is 0.318 bits per heavy atom. The van der Waals surface area contributed by atoms with Gasteiger partial charge in [0.25, 0.3) is 0 Å². The van der Waals surface area contributed by atoms with Gasteiger partial charge < -0.3 is 19.3 Å². The lowest BCUT2D eigenvalue weighted by atomic mass is 9.50. The fourth-order valence-corrected chi connectivity index (χ4v) is 26.1.